The van der Waals surface area contributed by atoms with Crippen LogP contribution in [0, 0.1) is 0 Å². The summed E-state index contributed by atoms with van der Waals surface area (Å²) in [5.74, 6) is -0.397. The summed E-state index contributed by atoms with van der Waals surface area (Å²) in [4.78, 5) is 14.1. The van der Waals surface area contributed by atoms with Crippen molar-refractivity contribution in [2.45, 2.75) is 32.7 Å². The number of aliphatic hydroxyl groups excluding tert-OH is 1. The monoisotopic (exact) mass is 285 g/mol. The van der Waals surface area contributed by atoms with Crippen LogP contribution in [0.2, 0.25) is 5.02 Å². The van der Waals surface area contributed by atoms with E-state index in [0.717, 1.165) is 12.8 Å². The second-order valence-corrected chi connectivity index (χ2v) is 4.79. The Morgan fingerprint density at radius 2 is 2.00 bits per heavy atom. The number of nitrogens with zero attached hydrogens (tertiary/aromatic N) is 1. The fourth-order valence-electron chi connectivity index (χ4n) is 2.12. The van der Waals surface area contributed by atoms with Gasteiger partial charge in [0.25, 0.3) is 5.91 Å². The van der Waals surface area contributed by atoms with Gasteiger partial charge in [-0.05, 0) is 31.0 Å². The van der Waals surface area contributed by atoms with Crippen LogP contribution in [0.5, 0.6) is 5.75 Å². The molecule has 0 saturated carbocycles. The first-order chi connectivity index (χ1) is 9.04. The third-order valence-corrected chi connectivity index (χ3v) is 3.41. The highest BCUT2D eigenvalue weighted by Gasteiger charge is 2.24. The van der Waals surface area contributed by atoms with Gasteiger partial charge in [-0.25, -0.2) is 0 Å². The van der Waals surface area contributed by atoms with Crippen LogP contribution in [0.25, 0.3) is 0 Å². The van der Waals surface area contributed by atoms with E-state index >= 15 is 0 Å². The van der Waals surface area contributed by atoms with Gasteiger partial charge in [0.1, 0.15) is 5.75 Å². The zero-order chi connectivity index (χ0) is 14.4. The van der Waals surface area contributed by atoms with Crippen LogP contribution in [0.15, 0.2) is 18.2 Å². The molecule has 106 valence electrons. The molecule has 1 amide bonds. The lowest BCUT2D eigenvalue weighted by molar-refractivity contribution is 0.0619. The SMILES string of the molecule is CCC(CC)N(CCO)C(=O)c1cc(Cl)ccc1O. The summed E-state index contributed by atoms with van der Waals surface area (Å²) >= 11 is 5.86. The Hall–Kier alpha value is -1.26. The molecule has 2 N–H and O–H groups in total. The number of amides is 1. The van der Waals surface area contributed by atoms with Gasteiger partial charge in [0.15, 0.2) is 0 Å². The van der Waals surface area contributed by atoms with Crippen molar-refractivity contribution >= 4 is 17.5 Å². The van der Waals surface area contributed by atoms with Gasteiger partial charge in [0.2, 0.25) is 0 Å². The molecule has 1 aromatic carbocycles. The Labute approximate surface area is 118 Å². The van der Waals surface area contributed by atoms with Crippen molar-refractivity contribution < 1.29 is 15.0 Å². The van der Waals surface area contributed by atoms with Gasteiger partial charge in [-0.1, -0.05) is 25.4 Å². The molecule has 1 rings (SSSR count). The number of phenolic OH excluding ortho intramolecular Hbond substituents is 1. The lowest BCUT2D eigenvalue weighted by atomic mass is 10.1. The predicted octanol–water partition coefficient (Wildman–Crippen LogP) is 2.67. The van der Waals surface area contributed by atoms with E-state index in [1.807, 2.05) is 13.8 Å². The predicted molar refractivity (Wildman–Crippen MR) is 75.6 cm³/mol. The molecule has 4 nitrogen and oxygen atoms in total. The van der Waals surface area contributed by atoms with Gasteiger partial charge in [-0.2, -0.15) is 0 Å². The van der Waals surface area contributed by atoms with Crippen LogP contribution >= 0.6 is 11.6 Å². The van der Waals surface area contributed by atoms with E-state index in [1.165, 1.54) is 18.2 Å². The number of aromatic hydroxyl groups is 1. The molecular weight excluding hydrogens is 266 g/mol. The van der Waals surface area contributed by atoms with Gasteiger partial charge in [0, 0.05) is 17.6 Å². The summed E-state index contributed by atoms with van der Waals surface area (Å²) in [5, 5.41) is 19.3. The van der Waals surface area contributed by atoms with Crippen LogP contribution in [0.4, 0.5) is 0 Å². The maximum absolute atomic E-state index is 12.5. The number of carbonyl (C=O) groups excluding carboxylic acids is 1. The lowest BCUT2D eigenvalue weighted by Gasteiger charge is -2.30. The first-order valence-electron chi connectivity index (χ1n) is 6.45. The average molecular weight is 286 g/mol. The summed E-state index contributed by atoms with van der Waals surface area (Å²) < 4.78 is 0. The Kier molecular flexibility index (Phi) is 6.12. The highest BCUT2D eigenvalue weighted by molar-refractivity contribution is 6.31. The lowest BCUT2D eigenvalue weighted by Crippen LogP contribution is -2.41. The maximum Gasteiger partial charge on any atom is 0.257 e. The summed E-state index contributed by atoms with van der Waals surface area (Å²) in [6.45, 7) is 4.12. The van der Waals surface area contributed by atoms with Crippen molar-refractivity contribution in [3.8, 4) is 5.75 Å². The molecule has 0 aromatic heterocycles. The van der Waals surface area contributed by atoms with Crippen LogP contribution in [-0.2, 0) is 0 Å². The fraction of sp³-hybridized carbons (Fsp3) is 0.500. The standard InChI is InChI=1S/C14H20ClNO3/c1-3-11(4-2)16(7-8-17)14(19)12-9-10(15)5-6-13(12)18/h5-6,9,11,17-18H,3-4,7-8H2,1-2H3. The molecule has 0 fully saturated rings. The van der Waals surface area contributed by atoms with E-state index in [-0.39, 0.29) is 36.4 Å². The van der Waals surface area contributed by atoms with Crippen LogP contribution in [0.1, 0.15) is 37.0 Å². The normalized spacial score (nSPS) is 10.8. The smallest absolute Gasteiger partial charge is 0.257 e. The number of aliphatic hydroxyl groups is 1. The van der Waals surface area contributed by atoms with Crippen molar-refractivity contribution in [1.29, 1.82) is 0 Å². The quantitative estimate of drug-likeness (QED) is 0.845. The first kappa shape index (κ1) is 15.8. The number of halogens is 1. The van der Waals surface area contributed by atoms with Gasteiger partial charge in [-0.3, -0.25) is 4.79 Å². The van der Waals surface area contributed by atoms with Crippen molar-refractivity contribution in [3.05, 3.63) is 28.8 Å². The summed E-state index contributed by atoms with van der Waals surface area (Å²) in [5.41, 5.74) is 0.174. The van der Waals surface area contributed by atoms with Crippen molar-refractivity contribution in [2.75, 3.05) is 13.2 Å². The number of carbonyl (C=O) groups is 1. The molecule has 0 aliphatic carbocycles. The first-order valence-corrected chi connectivity index (χ1v) is 6.83. The van der Waals surface area contributed by atoms with Crippen molar-refractivity contribution in [1.82, 2.24) is 4.90 Å². The number of phenols is 1. The molecule has 0 aliphatic heterocycles. The van der Waals surface area contributed by atoms with Gasteiger partial charge < -0.3 is 15.1 Å². The Balaban J connectivity index is 3.08. The van der Waals surface area contributed by atoms with E-state index in [4.69, 9.17) is 16.7 Å². The molecular formula is C14H20ClNO3. The van der Waals surface area contributed by atoms with E-state index in [2.05, 4.69) is 0 Å². The second kappa shape index (κ2) is 7.36. The Bertz CT molecular complexity index is 433. The molecule has 5 heteroatoms. The highest BCUT2D eigenvalue weighted by Crippen LogP contribution is 2.24. The second-order valence-electron chi connectivity index (χ2n) is 4.35. The molecule has 0 bridgehead atoms. The highest BCUT2D eigenvalue weighted by atomic mass is 35.5. The largest absolute Gasteiger partial charge is 0.507 e. The van der Waals surface area contributed by atoms with E-state index in [0.29, 0.717) is 5.02 Å². The summed E-state index contributed by atoms with van der Waals surface area (Å²) in [6.07, 6.45) is 1.59. The summed E-state index contributed by atoms with van der Waals surface area (Å²) in [6, 6.07) is 4.42. The maximum atomic E-state index is 12.5. The van der Waals surface area contributed by atoms with E-state index in [1.54, 1.807) is 4.90 Å². The zero-order valence-electron chi connectivity index (χ0n) is 11.3. The van der Waals surface area contributed by atoms with E-state index < -0.39 is 0 Å². The molecule has 0 spiro atoms. The molecule has 1 aromatic rings. The minimum Gasteiger partial charge on any atom is -0.507 e. The van der Waals surface area contributed by atoms with Crippen LogP contribution < -0.4 is 0 Å². The molecule has 0 radical (unpaired) electrons. The Morgan fingerprint density at radius 3 is 2.53 bits per heavy atom. The minimum atomic E-state index is -0.303. The number of benzene rings is 1. The molecule has 19 heavy (non-hydrogen) atoms. The topological polar surface area (TPSA) is 60.8 Å². The average Bonchev–Trinajstić information content (AvgIpc) is 2.41. The van der Waals surface area contributed by atoms with Gasteiger partial charge in [0.05, 0.1) is 12.2 Å². The molecule has 0 aliphatic rings. The van der Waals surface area contributed by atoms with Crippen molar-refractivity contribution in [3.63, 3.8) is 0 Å². The molecule has 0 heterocycles. The van der Waals surface area contributed by atoms with Crippen LogP contribution in [-0.4, -0.2) is 40.2 Å². The zero-order valence-corrected chi connectivity index (χ0v) is 12.0. The third-order valence-electron chi connectivity index (χ3n) is 3.17. The van der Waals surface area contributed by atoms with Crippen LogP contribution in [0.3, 0.4) is 0 Å². The molecule has 0 saturated heterocycles. The van der Waals surface area contributed by atoms with E-state index in [9.17, 15) is 9.90 Å². The van der Waals surface area contributed by atoms with Gasteiger partial charge >= 0.3 is 0 Å². The molecule has 0 atom stereocenters. The van der Waals surface area contributed by atoms with Gasteiger partial charge in [-0.15, -0.1) is 0 Å². The number of rotatable bonds is 6. The molecule has 0 unspecified atom stereocenters. The fourth-order valence-corrected chi connectivity index (χ4v) is 2.29. The number of hydrogen-bond acceptors (Lipinski definition) is 3. The number of hydrogen-bond donors (Lipinski definition) is 2. The Morgan fingerprint density at radius 1 is 1.37 bits per heavy atom. The minimum absolute atomic E-state index is 0.0398. The summed E-state index contributed by atoms with van der Waals surface area (Å²) in [7, 11) is 0. The van der Waals surface area contributed by atoms with Crippen molar-refractivity contribution in [2.24, 2.45) is 0 Å². The third kappa shape index (κ3) is 3.85.